The van der Waals surface area contributed by atoms with Gasteiger partial charge in [0.25, 0.3) is 5.91 Å². The summed E-state index contributed by atoms with van der Waals surface area (Å²) in [6.45, 7) is 2.21. The zero-order valence-electron chi connectivity index (χ0n) is 13.7. The number of hydrogen-bond acceptors (Lipinski definition) is 3. The molecule has 1 amide bonds. The lowest BCUT2D eigenvalue weighted by molar-refractivity contribution is -0.140. The van der Waals surface area contributed by atoms with Crippen molar-refractivity contribution < 1.29 is 14.3 Å². The van der Waals surface area contributed by atoms with Crippen molar-refractivity contribution >= 4 is 23.5 Å². The number of benzene rings is 2. The predicted molar refractivity (Wildman–Crippen MR) is 94.0 cm³/mol. The third-order valence-electron chi connectivity index (χ3n) is 3.87. The Bertz CT molecular complexity index is 703. The van der Waals surface area contributed by atoms with Crippen molar-refractivity contribution in [2.75, 3.05) is 13.7 Å². The van der Waals surface area contributed by atoms with Gasteiger partial charge in [-0.1, -0.05) is 48.0 Å². The van der Waals surface area contributed by atoms with Crippen LogP contribution in [-0.2, 0) is 9.53 Å². The molecule has 2 rings (SSSR count). The van der Waals surface area contributed by atoms with E-state index in [0.29, 0.717) is 10.6 Å². The molecule has 0 aliphatic carbocycles. The molecule has 0 bridgehead atoms. The van der Waals surface area contributed by atoms with Crippen LogP contribution in [0.5, 0.6) is 0 Å². The minimum Gasteiger partial charge on any atom is -0.469 e. The molecule has 2 aromatic carbocycles. The van der Waals surface area contributed by atoms with E-state index in [0.717, 1.165) is 5.56 Å². The SMILES string of the molecule is COC(=O)CCN(C(=O)c1cccc(Cl)c1)C(C)c1ccccc1. The van der Waals surface area contributed by atoms with Gasteiger partial charge in [0.1, 0.15) is 0 Å². The van der Waals surface area contributed by atoms with Crippen molar-refractivity contribution in [3.8, 4) is 0 Å². The highest BCUT2D eigenvalue weighted by Gasteiger charge is 2.23. The molecule has 0 radical (unpaired) electrons. The Labute approximate surface area is 147 Å². The largest absolute Gasteiger partial charge is 0.469 e. The fourth-order valence-corrected chi connectivity index (χ4v) is 2.67. The Morgan fingerprint density at radius 2 is 1.83 bits per heavy atom. The number of nitrogens with zero attached hydrogens (tertiary/aromatic N) is 1. The monoisotopic (exact) mass is 345 g/mol. The van der Waals surface area contributed by atoms with Crippen molar-refractivity contribution in [2.24, 2.45) is 0 Å². The van der Waals surface area contributed by atoms with Gasteiger partial charge in [-0.2, -0.15) is 0 Å². The van der Waals surface area contributed by atoms with Gasteiger partial charge in [0.05, 0.1) is 19.6 Å². The molecular weight excluding hydrogens is 326 g/mol. The minimum absolute atomic E-state index is 0.139. The number of amides is 1. The maximum absolute atomic E-state index is 12.9. The van der Waals surface area contributed by atoms with Crippen LogP contribution >= 0.6 is 11.6 Å². The number of hydrogen-bond donors (Lipinski definition) is 0. The number of carbonyl (C=O) groups is 2. The van der Waals surface area contributed by atoms with Gasteiger partial charge < -0.3 is 9.64 Å². The van der Waals surface area contributed by atoms with Crippen LogP contribution in [0.15, 0.2) is 54.6 Å². The van der Waals surface area contributed by atoms with Gasteiger partial charge in [0, 0.05) is 17.1 Å². The van der Waals surface area contributed by atoms with E-state index in [1.807, 2.05) is 37.3 Å². The molecule has 0 saturated carbocycles. The summed E-state index contributed by atoms with van der Waals surface area (Å²) in [4.78, 5) is 26.1. The third kappa shape index (κ3) is 4.59. The molecule has 0 aromatic heterocycles. The highest BCUT2D eigenvalue weighted by atomic mass is 35.5. The lowest BCUT2D eigenvalue weighted by Gasteiger charge is -2.29. The molecule has 1 atom stereocenters. The van der Waals surface area contributed by atoms with Crippen molar-refractivity contribution in [3.05, 3.63) is 70.7 Å². The maximum Gasteiger partial charge on any atom is 0.307 e. The predicted octanol–water partition coefficient (Wildman–Crippen LogP) is 4.11. The number of halogens is 1. The Hall–Kier alpha value is -2.33. The molecule has 0 fully saturated rings. The van der Waals surface area contributed by atoms with Crippen LogP contribution in [0.25, 0.3) is 0 Å². The standard InChI is InChI=1S/C19H20ClNO3/c1-14(15-7-4-3-5-8-15)21(12-11-18(22)24-2)19(23)16-9-6-10-17(20)13-16/h3-10,13-14H,11-12H2,1-2H3. The van der Waals surface area contributed by atoms with Gasteiger partial charge in [-0.3, -0.25) is 9.59 Å². The molecule has 0 N–H and O–H groups in total. The average molecular weight is 346 g/mol. The highest BCUT2D eigenvalue weighted by Crippen LogP contribution is 2.23. The molecule has 2 aromatic rings. The van der Waals surface area contributed by atoms with Crippen molar-refractivity contribution in [1.82, 2.24) is 4.90 Å². The van der Waals surface area contributed by atoms with Crippen molar-refractivity contribution in [1.29, 1.82) is 0 Å². The summed E-state index contributed by atoms with van der Waals surface area (Å²) in [6.07, 6.45) is 0.139. The van der Waals surface area contributed by atoms with Crippen LogP contribution < -0.4 is 0 Å². The van der Waals surface area contributed by atoms with Gasteiger partial charge in [-0.25, -0.2) is 0 Å². The lowest BCUT2D eigenvalue weighted by atomic mass is 10.1. The van der Waals surface area contributed by atoms with E-state index >= 15 is 0 Å². The number of carbonyl (C=O) groups excluding carboxylic acids is 2. The zero-order chi connectivity index (χ0) is 17.5. The molecule has 0 spiro atoms. The normalized spacial score (nSPS) is 11.6. The summed E-state index contributed by atoms with van der Waals surface area (Å²) in [5.74, 6) is -0.517. The van der Waals surface area contributed by atoms with Gasteiger partial charge in [0.15, 0.2) is 0 Å². The van der Waals surface area contributed by atoms with E-state index in [4.69, 9.17) is 16.3 Å². The van der Waals surface area contributed by atoms with E-state index in [2.05, 4.69) is 0 Å². The zero-order valence-corrected chi connectivity index (χ0v) is 14.5. The molecule has 1 unspecified atom stereocenters. The first kappa shape index (κ1) is 18.0. The van der Waals surface area contributed by atoms with E-state index in [9.17, 15) is 9.59 Å². The summed E-state index contributed by atoms with van der Waals surface area (Å²) in [5, 5.41) is 0.501. The summed E-state index contributed by atoms with van der Waals surface area (Å²) < 4.78 is 4.69. The van der Waals surface area contributed by atoms with E-state index in [1.54, 1.807) is 29.2 Å². The number of rotatable bonds is 6. The second kappa shape index (κ2) is 8.50. The Kier molecular flexibility index (Phi) is 6.38. The Balaban J connectivity index is 2.28. The van der Waals surface area contributed by atoms with Crippen molar-refractivity contribution in [3.63, 3.8) is 0 Å². The smallest absolute Gasteiger partial charge is 0.307 e. The van der Waals surface area contributed by atoms with Crippen LogP contribution in [-0.4, -0.2) is 30.4 Å². The Morgan fingerprint density at radius 3 is 2.46 bits per heavy atom. The van der Waals surface area contributed by atoms with Crippen LogP contribution in [0.1, 0.15) is 35.3 Å². The molecule has 0 aliphatic heterocycles. The molecule has 126 valence electrons. The molecule has 4 nitrogen and oxygen atoms in total. The molecule has 0 aliphatic rings. The van der Waals surface area contributed by atoms with Crippen LogP contribution in [0.2, 0.25) is 5.02 Å². The first-order valence-electron chi connectivity index (χ1n) is 7.71. The van der Waals surface area contributed by atoms with Crippen molar-refractivity contribution in [2.45, 2.75) is 19.4 Å². The average Bonchev–Trinajstić information content (AvgIpc) is 2.62. The topological polar surface area (TPSA) is 46.6 Å². The summed E-state index contributed by atoms with van der Waals surface area (Å²) in [6, 6.07) is 16.3. The molecular formula is C19H20ClNO3. The fourth-order valence-electron chi connectivity index (χ4n) is 2.48. The minimum atomic E-state index is -0.348. The molecule has 5 heteroatoms. The van der Waals surface area contributed by atoms with E-state index in [1.165, 1.54) is 7.11 Å². The van der Waals surface area contributed by atoms with E-state index in [-0.39, 0.29) is 30.9 Å². The summed E-state index contributed by atoms with van der Waals surface area (Å²) >= 11 is 6.00. The Morgan fingerprint density at radius 1 is 1.12 bits per heavy atom. The molecule has 24 heavy (non-hydrogen) atoms. The summed E-state index contributed by atoms with van der Waals surface area (Å²) in [7, 11) is 1.34. The number of methoxy groups -OCH3 is 1. The van der Waals surface area contributed by atoms with Gasteiger partial charge in [-0.05, 0) is 30.7 Å². The van der Waals surface area contributed by atoms with Crippen LogP contribution in [0.3, 0.4) is 0 Å². The number of esters is 1. The van der Waals surface area contributed by atoms with Crippen LogP contribution in [0.4, 0.5) is 0 Å². The van der Waals surface area contributed by atoms with Crippen LogP contribution in [0, 0.1) is 0 Å². The first-order chi connectivity index (χ1) is 11.5. The maximum atomic E-state index is 12.9. The van der Waals surface area contributed by atoms with Gasteiger partial charge >= 0.3 is 5.97 Å². The second-order valence-corrected chi connectivity index (χ2v) is 5.86. The first-order valence-corrected chi connectivity index (χ1v) is 8.09. The molecule has 0 heterocycles. The summed E-state index contributed by atoms with van der Waals surface area (Å²) in [5.41, 5.74) is 1.49. The van der Waals surface area contributed by atoms with E-state index < -0.39 is 0 Å². The fraction of sp³-hybridized carbons (Fsp3) is 0.263. The highest BCUT2D eigenvalue weighted by molar-refractivity contribution is 6.30. The lowest BCUT2D eigenvalue weighted by Crippen LogP contribution is -2.35. The molecule has 0 saturated heterocycles. The second-order valence-electron chi connectivity index (χ2n) is 5.42. The quantitative estimate of drug-likeness (QED) is 0.740. The van der Waals surface area contributed by atoms with Gasteiger partial charge in [0.2, 0.25) is 0 Å². The number of ether oxygens (including phenoxy) is 1. The third-order valence-corrected chi connectivity index (χ3v) is 4.10. The van der Waals surface area contributed by atoms with Gasteiger partial charge in [-0.15, -0.1) is 0 Å².